The van der Waals surface area contributed by atoms with E-state index in [2.05, 4.69) is 0 Å². The molecular weight excluding hydrogens is 329 g/mol. The zero-order chi connectivity index (χ0) is 18.1. The first-order chi connectivity index (χ1) is 12.6. The molecule has 2 fully saturated rings. The van der Waals surface area contributed by atoms with Crippen molar-refractivity contribution in [2.75, 3.05) is 6.54 Å². The highest BCUT2D eigenvalue weighted by atomic mass is 19.1. The first-order valence-electron chi connectivity index (χ1n) is 9.40. The Balaban J connectivity index is 1.54. The standard InChI is InChI=1S/C21H24FN3O/c22-16-7-2-6-15(12-16)19-9-3-8-17(24-19)13-20-18(23)10-11-25(20)21(26)14-4-1-5-14/h2-3,6-9,12,14,18,20H,1,4-5,10-11,13,23H2. The molecule has 1 saturated heterocycles. The van der Waals surface area contributed by atoms with Crippen LogP contribution in [0.2, 0.25) is 0 Å². The van der Waals surface area contributed by atoms with E-state index in [9.17, 15) is 9.18 Å². The maximum absolute atomic E-state index is 13.5. The third kappa shape index (κ3) is 3.36. The van der Waals surface area contributed by atoms with Gasteiger partial charge in [-0.05, 0) is 43.5 Å². The first kappa shape index (κ1) is 17.2. The topological polar surface area (TPSA) is 59.2 Å². The molecule has 0 radical (unpaired) electrons. The van der Waals surface area contributed by atoms with Gasteiger partial charge in [-0.2, -0.15) is 0 Å². The van der Waals surface area contributed by atoms with E-state index >= 15 is 0 Å². The third-order valence-corrected chi connectivity index (χ3v) is 5.68. The summed E-state index contributed by atoms with van der Waals surface area (Å²) in [5.74, 6) is 0.176. The molecule has 1 aromatic carbocycles. The maximum Gasteiger partial charge on any atom is 0.225 e. The molecule has 1 amide bonds. The van der Waals surface area contributed by atoms with Crippen LogP contribution >= 0.6 is 0 Å². The van der Waals surface area contributed by atoms with Crippen molar-refractivity contribution in [3.63, 3.8) is 0 Å². The normalized spacial score (nSPS) is 23.1. The van der Waals surface area contributed by atoms with E-state index in [1.54, 1.807) is 6.07 Å². The number of rotatable bonds is 4. The Morgan fingerprint density at radius 1 is 1.19 bits per heavy atom. The number of aromatic nitrogens is 1. The molecule has 1 aliphatic carbocycles. The number of nitrogens with two attached hydrogens (primary N) is 1. The number of benzene rings is 1. The van der Waals surface area contributed by atoms with Crippen molar-refractivity contribution >= 4 is 5.91 Å². The number of pyridine rings is 1. The maximum atomic E-state index is 13.5. The number of nitrogens with zero attached hydrogens (tertiary/aromatic N) is 2. The molecule has 26 heavy (non-hydrogen) atoms. The Morgan fingerprint density at radius 2 is 2.00 bits per heavy atom. The average Bonchev–Trinajstić information content (AvgIpc) is 2.94. The van der Waals surface area contributed by atoms with Gasteiger partial charge in [0.05, 0.1) is 11.7 Å². The van der Waals surface area contributed by atoms with Crippen molar-refractivity contribution in [3.8, 4) is 11.3 Å². The summed E-state index contributed by atoms with van der Waals surface area (Å²) >= 11 is 0. The lowest BCUT2D eigenvalue weighted by atomic mass is 9.84. The molecule has 1 saturated carbocycles. The molecule has 2 aliphatic rings. The van der Waals surface area contributed by atoms with Crippen molar-refractivity contribution in [2.24, 2.45) is 11.7 Å². The summed E-state index contributed by atoms with van der Waals surface area (Å²) < 4.78 is 13.5. The van der Waals surface area contributed by atoms with Crippen molar-refractivity contribution < 1.29 is 9.18 Å². The Kier molecular flexibility index (Phi) is 4.72. The monoisotopic (exact) mass is 353 g/mol. The van der Waals surface area contributed by atoms with Crippen LogP contribution in [0.15, 0.2) is 42.5 Å². The van der Waals surface area contributed by atoms with Gasteiger partial charge in [0.15, 0.2) is 0 Å². The number of carbonyl (C=O) groups is 1. The Morgan fingerprint density at radius 3 is 2.73 bits per heavy atom. The fourth-order valence-corrected chi connectivity index (χ4v) is 3.92. The highest BCUT2D eigenvalue weighted by molar-refractivity contribution is 5.80. The molecule has 136 valence electrons. The molecule has 2 aromatic rings. The lowest BCUT2D eigenvalue weighted by Gasteiger charge is -2.33. The predicted molar refractivity (Wildman–Crippen MR) is 98.8 cm³/mol. The smallest absolute Gasteiger partial charge is 0.225 e. The van der Waals surface area contributed by atoms with Gasteiger partial charge in [0.25, 0.3) is 0 Å². The number of hydrogen-bond donors (Lipinski definition) is 1. The Hall–Kier alpha value is -2.27. The summed E-state index contributed by atoms with van der Waals surface area (Å²) in [4.78, 5) is 19.4. The van der Waals surface area contributed by atoms with Crippen LogP contribution in [-0.2, 0) is 11.2 Å². The van der Waals surface area contributed by atoms with Gasteiger partial charge in [-0.25, -0.2) is 4.39 Å². The second kappa shape index (κ2) is 7.16. The van der Waals surface area contributed by atoms with E-state index < -0.39 is 0 Å². The molecule has 1 aliphatic heterocycles. The summed E-state index contributed by atoms with van der Waals surface area (Å²) in [6, 6.07) is 12.2. The van der Waals surface area contributed by atoms with Crippen LogP contribution in [-0.4, -0.2) is 34.4 Å². The van der Waals surface area contributed by atoms with Crippen LogP contribution < -0.4 is 5.73 Å². The SMILES string of the molecule is NC1CCN(C(=O)C2CCC2)C1Cc1cccc(-c2cccc(F)c2)n1. The minimum Gasteiger partial charge on any atom is -0.337 e. The highest BCUT2D eigenvalue weighted by Gasteiger charge is 2.39. The Bertz CT molecular complexity index is 805. The van der Waals surface area contributed by atoms with Crippen molar-refractivity contribution in [3.05, 3.63) is 54.0 Å². The van der Waals surface area contributed by atoms with Crippen LogP contribution in [0.5, 0.6) is 0 Å². The molecule has 2 unspecified atom stereocenters. The van der Waals surface area contributed by atoms with Crippen LogP contribution in [0.25, 0.3) is 11.3 Å². The second-order valence-corrected chi connectivity index (χ2v) is 7.41. The van der Waals surface area contributed by atoms with Crippen LogP contribution in [0, 0.1) is 11.7 Å². The van der Waals surface area contributed by atoms with Crippen molar-refractivity contribution in [1.29, 1.82) is 0 Å². The molecule has 2 N–H and O–H groups in total. The van der Waals surface area contributed by atoms with E-state index in [1.807, 2.05) is 29.2 Å². The summed E-state index contributed by atoms with van der Waals surface area (Å²) in [6.07, 6.45) is 4.64. The van der Waals surface area contributed by atoms with Gasteiger partial charge < -0.3 is 10.6 Å². The molecule has 0 bridgehead atoms. The molecule has 4 rings (SSSR count). The van der Waals surface area contributed by atoms with Gasteiger partial charge in [0.1, 0.15) is 5.82 Å². The Labute approximate surface area is 153 Å². The van der Waals surface area contributed by atoms with Gasteiger partial charge in [-0.3, -0.25) is 9.78 Å². The number of halogens is 1. The van der Waals surface area contributed by atoms with E-state index in [-0.39, 0.29) is 29.7 Å². The molecule has 2 atom stereocenters. The first-order valence-corrected chi connectivity index (χ1v) is 9.40. The van der Waals surface area contributed by atoms with Crippen LogP contribution in [0.4, 0.5) is 4.39 Å². The summed E-state index contributed by atoms with van der Waals surface area (Å²) in [5, 5.41) is 0. The molecule has 0 spiro atoms. The van der Waals surface area contributed by atoms with E-state index in [4.69, 9.17) is 10.7 Å². The van der Waals surface area contributed by atoms with E-state index in [1.165, 1.54) is 12.1 Å². The molecule has 1 aromatic heterocycles. The van der Waals surface area contributed by atoms with Gasteiger partial charge in [0, 0.05) is 36.2 Å². The zero-order valence-electron chi connectivity index (χ0n) is 14.8. The third-order valence-electron chi connectivity index (χ3n) is 5.68. The zero-order valence-corrected chi connectivity index (χ0v) is 14.8. The fourth-order valence-electron chi connectivity index (χ4n) is 3.92. The minimum absolute atomic E-state index is 0.00152. The predicted octanol–water partition coefficient (Wildman–Crippen LogP) is 3.16. The second-order valence-electron chi connectivity index (χ2n) is 7.41. The highest BCUT2D eigenvalue weighted by Crippen LogP contribution is 2.32. The molecule has 2 heterocycles. The van der Waals surface area contributed by atoms with Crippen molar-refractivity contribution in [2.45, 2.75) is 44.2 Å². The van der Waals surface area contributed by atoms with Crippen LogP contribution in [0.1, 0.15) is 31.4 Å². The van der Waals surface area contributed by atoms with E-state index in [0.29, 0.717) is 6.42 Å². The van der Waals surface area contributed by atoms with Gasteiger partial charge >= 0.3 is 0 Å². The number of likely N-dealkylation sites (tertiary alicyclic amines) is 1. The van der Waals surface area contributed by atoms with E-state index in [0.717, 1.165) is 49.2 Å². The number of carbonyl (C=O) groups excluding carboxylic acids is 1. The molecule has 5 heteroatoms. The summed E-state index contributed by atoms with van der Waals surface area (Å²) in [5.41, 5.74) is 8.70. The van der Waals surface area contributed by atoms with Gasteiger partial charge in [-0.1, -0.05) is 24.6 Å². The lowest BCUT2D eigenvalue weighted by molar-refractivity contribution is -0.139. The summed E-state index contributed by atoms with van der Waals surface area (Å²) in [6.45, 7) is 0.741. The number of hydrogen-bond acceptors (Lipinski definition) is 3. The fraction of sp³-hybridized carbons (Fsp3) is 0.429. The quantitative estimate of drug-likeness (QED) is 0.918. The molecule has 4 nitrogen and oxygen atoms in total. The largest absolute Gasteiger partial charge is 0.337 e. The van der Waals surface area contributed by atoms with Gasteiger partial charge in [0.2, 0.25) is 5.91 Å². The van der Waals surface area contributed by atoms with Crippen molar-refractivity contribution in [1.82, 2.24) is 9.88 Å². The van der Waals surface area contributed by atoms with Crippen LogP contribution in [0.3, 0.4) is 0 Å². The lowest BCUT2D eigenvalue weighted by Crippen LogP contribution is -2.47. The average molecular weight is 353 g/mol. The van der Waals surface area contributed by atoms with Gasteiger partial charge in [-0.15, -0.1) is 0 Å². The minimum atomic E-state index is -0.273. The number of amides is 1. The summed E-state index contributed by atoms with van der Waals surface area (Å²) in [7, 11) is 0. The molecular formula is C21H24FN3O.